The van der Waals surface area contributed by atoms with E-state index in [1.54, 1.807) is 0 Å². The highest BCUT2D eigenvalue weighted by molar-refractivity contribution is 6.31. The van der Waals surface area contributed by atoms with E-state index in [0.717, 1.165) is 43.3 Å². The van der Waals surface area contributed by atoms with Gasteiger partial charge >= 0.3 is 0 Å². The van der Waals surface area contributed by atoms with E-state index in [1.165, 1.54) is 0 Å². The summed E-state index contributed by atoms with van der Waals surface area (Å²) in [5.74, 6) is 0.809. The molecule has 0 aliphatic heterocycles. The lowest BCUT2D eigenvalue weighted by Gasteiger charge is -2.25. The molecule has 0 atom stereocenters. The SMILES string of the molecule is CCCN(CCN(C)C)c1nc(C)c(C)nc1Cl. The Hall–Kier alpha value is -0.870. The number of anilines is 1. The summed E-state index contributed by atoms with van der Waals surface area (Å²) < 4.78 is 0. The van der Waals surface area contributed by atoms with Gasteiger partial charge in [0.05, 0.1) is 11.4 Å². The lowest BCUT2D eigenvalue weighted by atomic mass is 10.3. The minimum Gasteiger partial charge on any atom is -0.353 e. The minimum absolute atomic E-state index is 0.505. The molecule has 0 fully saturated rings. The molecule has 1 aromatic rings. The Kier molecular flexibility index (Phi) is 5.82. The van der Waals surface area contributed by atoms with E-state index in [0.29, 0.717) is 5.15 Å². The molecular formula is C13H23ClN4. The largest absolute Gasteiger partial charge is 0.353 e. The van der Waals surface area contributed by atoms with Crippen LogP contribution in [0.15, 0.2) is 0 Å². The lowest BCUT2D eigenvalue weighted by Crippen LogP contribution is -2.33. The van der Waals surface area contributed by atoms with Gasteiger partial charge in [-0.25, -0.2) is 9.97 Å². The van der Waals surface area contributed by atoms with E-state index in [4.69, 9.17) is 11.6 Å². The van der Waals surface area contributed by atoms with Crippen LogP contribution in [-0.2, 0) is 0 Å². The molecule has 0 unspecified atom stereocenters. The maximum Gasteiger partial charge on any atom is 0.171 e. The Balaban J connectivity index is 2.94. The fourth-order valence-corrected chi connectivity index (χ4v) is 1.97. The average molecular weight is 271 g/mol. The molecule has 0 aliphatic carbocycles. The van der Waals surface area contributed by atoms with Crippen molar-refractivity contribution in [1.82, 2.24) is 14.9 Å². The van der Waals surface area contributed by atoms with Crippen molar-refractivity contribution in [3.05, 3.63) is 16.5 Å². The zero-order chi connectivity index (χ0) is 13.7. The van der Waals surface area contributed by atoms with E-state index >= 15 is 0 Å². The van der Waals surface area contributed by atoms with E-state index in [-0.39, 0.29) is 0 Å². The first-order valence-corrected chi connectivity index (χ1v) is 6.74. The van der Waals surface area contributed by atoms with Crippen LogP contribution in [0, 0.1) is 13.8 Å². The number of hydrogen-bond donors (Lipinski definition) is 0. The third-order valence-corrected chi connectivity index (χ3v) is 3.11. The van der Waals surface area contributed by atoms with E-state index in [9.17, 15) is 0 Å². The topological polar surface area (TPSA) is 32.3 Å². The van der Waals surface area contributed by atoms with Crippen molar-refractivity contribution >= 4 is 17.4 Å². The predicted octanol–water partition coefficient (Wildman–Crippen LogP) is 2.52. The number of hydrogen-bond acceptors (Lipinski definition) is 4. The first kappa shape index (κ1) is 15.2. The summed E-state index contributed by atoms with van der Waals surface area (Å²) in [6, 6.07) is 0. The van der Waals surface area contributed by atoms with Gasteiger partial charge in [0.2, 0.25) is 0 Å². The van der Waals surface area contributed by atoms with E-state index in [2.05, 4.69) is 40.8 Å². The molecule has 0 amide bonds. The zero-order valence-corrected chi connectivity index (χ0v) is 12.8. The molecule has 1 heterocycles. The summed E-state index contributed by atoms with van der Waals surface area (Å²) in [7, 11) is 4.13. The Morgan fingerprint density at radius 3 is 2.17 bits per heavy atom. The Morgan fingerprint density at radius 2 is 1.61 bits per heavy atom. The van der Waals surface area contributed by atoms with Gasteiger partial charge in [-0.1, -0.05) is 18.5 Å². The molecule has 0 radical (unpaired) electrons. The first-order valence-electron chi connectivity index (χ1n) is 6.36. The monoisotopic (exact) mass is 270 g/mol. The van der Waals surface area contributed by atoms with Gasteiger partial charge in [-0.3, -0.25) is 0 Å². The van der Waals surface area contributed by atoms with Crippen molar-refractivity contribution in [2.75, 3.05) is 38.6 Å². The van der Waals surface area contributed by atoms with Crippen molar-refractivity contribution in [2.24, 2.45) is 0 Å². The first-order chi connectivity index (χ1) is 8.45. The Morgan fingerprint density at radius 1 is 1.00 bits per heavy atom. The number of likely N-dealkylation sites (N-methyl/N-ethyl adjacent to an activating group) is 1. The molecule has 0 aliphatic rings. The molecule has 0 bridgehead atoms. The summed E-state index contributed by atoms with van der Waals surface area (Å²) in [4.78, 5) is 13.3. The fraction of sp³-hybridized carbons (Fsp3) is 0.692. The molecule has 1 aromatic heterocycles. The van der Waals surface area contributed by atoms with Crippen LogP contribution >= 0.6 is 11.6 Å². The van der Waals surface area contributed by atoms with Gasteiger partial charge in [0.1, 0.15) is 0 Å². The second kappa shape index (κ2) is 6.90. The van der Waals surface area contributed by atoms with Gasteiger partial charge in [-0.15, -0.1) is 0 Å². The molecule has 4 nitrogen and oxygen atoms in total. The highest BCUT2D eigenvalue weighted by Crippen LogP contribution is 2.22. The second-order valence-electron chi connectivity index (χ2n) is 4.80. The van der Waals surface area contributed by atoms with Crippen LogP contribution in [-0.4, -0.2) is 48.6 Å². The van der Waals surface area contributed by atoms with Crippen LogP contribution in [0.2, 0.25) is 5.15 Å². The standard InChI is InChI=1S/C13H23ClN4/c1-6-7-18(9-8-17(4)5)13-12(14)15-10(2)11(3)16-13/h6-9H2,1-5H3. The number of aromatic nitrogens is 2. The molecule has 0 saturated carbocycles. The third-order valence-electron chi connectivity index (χ3n) is 2.86. The highest BCUT2D eigenvalue weighted by Gasteiger charge is 2.14. The number of halogens is 1. The highest BCUT2D eigenvalue weighted by atomic mass is 35.5. The molecule has 0 saturated heterocycles. The molecule has 0 N–H and O–H groups in total. The number of nitrogens with zero attached hydrogens (tertiary/aromatic N) is 4. The van der Waals surface area contributed by atoms with Crippen molar-refractivity contribution in [2.45, 2.75) is 27.2 Å². The van der Waals surface area contributed by atoms with Crippen LogP contribution in [0.1, 0.15) is 24.7 Å². The molecule has 1 rings (SSSR count). The normalized spacial score (nSPS) is 11.1. The van der Waals surface area contributed by atoms with Gasteiger partial charge in [0, 0.05) is 19.6 Å². The molecule has 0 spiro atoms. The number of aryl methyl sites for hydroxylation is 2. The van der Waals surface area contributed by atoms with Crippen LogP contribution in [0.3, 0.4) is 0 Å². The summed E-state index contributed by atoms with van der Waals surface area (Å²) in [6.45, 7) is 8.90. The van der Waals surface area contributed by atoms with Gasteiger partial charge < -0.3 is 9.80 Å². The van der Waals surface area contributed by atoms with Crippen molar-refractivity contribution < 1.29 is 0 Å². The Bertz CT molecular complexity index is 393. The average Bonchev–Trinajstić information content (AvgIpc) is 2.29. The smallest absolute Gasteiger partial charge is 0.171 e. The predicted molar refractivity (Wildman–Crippen MR) is 77.6 cm³/mol. The maximum atomic E-state index is 6.22. The molecule has 5 heteroatoms. The second-order valence-corrected chi connectivity index (χ2v) is 5.16. The van der Waals surface area contributed by atoms with Crippen molar-refractivity contribution in [3.63, 3.8) is 0 Å². The molecule has 102 valence electrons. The minimum atomic E-state index is 0.505. The summed E-state index contributed by atoms with van der Waals surface area (Å²) >= 11 is 6.22. The van der Waals surface area contributed by atoms with Crippen LogP contribution in [0.5, 0.6) is 0 Å². The van der Waals surface area contributed by atoms with Gasteiger partial charge in [-0.05, 0) is 34.4 Å². The molecular weight excluding hydrogens is 248 g/mol. The maximum absolute atomic E-state index is 6.22. The molecule has 0 aromatic carbocycles. The van der Waals surface area contributed by atoms with Crippen molar-refractivity contribution in [1.29, 1.82) is 0 Å². The van der Waals surface area contributed by atoms with E-state index in [1.807, 2.05) is 13.8 Å². The van der Waals surface area contributed by atoms with Crippen LogP contribution in [0.25, 0.3) is 0 Å². The molecule has 18 heavy (non-hydrogen) atoms. The third kappa shape index (κ3) is 4.10. The Labute approximate surface area is 115 Å². The van der Waals surface area contributed by atoms with Crippen molar-refractivity contribution in [3.8, 4) is 0 Å². The van der Waals surface area contributed by atoms with Crippen LogP contribution < -0.4 is 4.90 Å². The fourth-order valence-electron chi connectivity index (χ4n) is 1.68. The zero-order valence-electron chi connectivity index (χ0n) is 12.0. The lowest BCUT2D eigenvalue weighted by molar-refractivity contribution is 0.412. The quantitative estimate of drug-likeness (QED) is 0.795. The summed E-state index contributed by atoms with van der Waals surface area (Å²) in [5, 5.41) is 0.505. The summed E-state index contributed by atoms with van der Waals surface area (Å²) in [6.07, 6.45) is 1.07. The van der Waals surface area contributed by atoms with Crippen LogP contribution in [0.4, 0.5) is 5.82 Å². The van der Waals surface area contributed by atoms with Gasteiger partial charge in [0.25, 0.3) is 0 Å². The van der Waals surface area contributed by atoms with Gasteiger partial charge in [0.15, 0.2) is 11.0 Å². The van der Waals surface area contributed by atoms with E-state index < -0.39 is 0 Å². The summed E-state index contributed by atoms with van der Waals surface area (Å²) in [5.41, 5.74) is 1.84. The number of rotatable bonds is 6. The van der Waals surface area contributed by atoms with Gasteiger partial charge in [-0.2, -0.15) is 0 Å².